The molecule has 1 fully saturated rings. The lowest BCUT2D eigenvalue weighted by atomic mass is 9.95. The first-order chi connectivity index (χ1) is 16.4. The van der Waals surface area contributed by atoms with Crippen LogP contribution in [0.5, 0.6) is 5.75 Å². The number of pyridine rings is 1. The summed E-state index contributed by atoms with van der Waals surface area (Å²) in [6, 6.07) is 16.8. The Bertz CT molecular complexity index is 1190. The molecule has 1 aromatic heterocycles. The summed E-state index contributed by atoms with van der Waals surface area (Å²) >= 11 is 0. The van der Waals surface area contributed by atoms with Gasteiger partial charge in [0.05, 0.1) is 12.8 Å². The number of aromatic nitrogens is 1. The van der Waals surface area contributed by atoms with Gasteiger partial charge in [-0.05, 0) is 62.6 Å². The van der Waals surface area contributed by atoms with Gasteiger partial charge in [-0.3, -0.25) is 9.59 Å². The average molecular weight is 459 g/mol. The van der Waals surface area contributed by atoms with E-state index >= 15 is 0 Å². The van der Waals surface area contributed by atoms with Gasteiger partial charge in [0.1, 0.15) is 11.6 Å². The molecule has 0 unspecified atom stereocenters. The molecule has 1 aliphatic rings. The summed E-state index contributed by atoms with van der Waals surface area (Å²) in [5.41, 5.74) is 4.25. The molecule has 34 heavy (non-hydrogen) atoms. The molecule has 0 radical (unpaired) electrons. The van der Waals surface area contributed by atoms with Gasteiger partial charge in [-0.25, -0.2) is 4.98 Å². The molecular weight excluding hydrogens is 428 g/mol. The predicted molar refractivity (Wildman–Crippen MR) is 135 cm³/mol. The minimum absolute atomic E-state index is 0.0472. The number of rotatable bonds is 6. The average Bonchev–Trinajstić information content (AvgIpc) is 2.86. The zero-order valence-corrected chi connectivity index (χ0v) is 19.8. The van der Waals surface area contributed by atoms with Crippen molar-refractivity contribution < 1.29 is 14.3 Å². The van der Waals surface area contributed by atoms with Crippen molar-refractivity contribution in [3.05, 3.63) is 77.5 Å². The third kappa shape index (κ3) is 5.36. The number of hydrogen-bond donors (Lipinski definition) is 2. The van der Waals surface area contributed by atoms with E-state index in [1.54, 1.807) is 37.6 Å². The highest BCUT2D eigenvalue weighted by Crippen LogP contribution is 2.26. The Hall–Kier alpha value is -3.87. The van der Waals surface area contributed by atoms with Crippen LogP contribution in [0.1, 0.15) is 34.3 Å². The lowest BCUT2D eigenvalue weighted by Gasteiger charge is -2.32. The Balaban J connectivity index is 1.36. The van der Waals surface area contributed by atoms with E-state index in [9.17, 15) is 9.59 Å². The van der Waals surface area contributed by atoms with Gasteiger partial charge in [-0.2, -0.15) is 0 Å². The third-order valence-corrected chi connectivity index (χ3v) is 6.19. The van der Waals surface area contributed by atoms with Gasteiger partial charge in [0.25, 0.3) is 5.91 Å². The minimum Gasteiger partial charge on any atom is -0.495 e. The van der Waals surface area contributed by atoms with Crippen molar-refractivity contribution in [3.8, 4) is 5.75 Å². The number of methoxy groups -OCH3 is 1. The number of para-hydroxylation sites is 2. The fourth-order valence-electron chi connectivity index (χ4n) is 4.23. The van der Waals surface area contributed by atoms with E-state index in [0.717, 1.165) is 29.9 Å². The number of nitrogens with one attached hydrogen (secondary N) is 2. The first-order valence-electron chi connectivity index (χ1n) is 11.5. The number of anilines is 3. The Morgan fingerprint density at radius 1 is 0.971 bits per heavy atom. The van der Waals surface area contributed by atoms with Crippen LogP contribution in [0.4, 0.5) is 17.2 Å². The summed E-state index contributed by atoms with van der Waals surface area (Å²) in [5.74, 6) is 1.13. The molecule has 2 aromatic carbocycles. The molecule has 2 amide bonds. The second-order valence-electron chi connectivity index (χ2n) is 8.63. The van der Waals surface area contributed by atoms with Crippen LogP contribution in [0.3, 0.4) is 0 Å². The zero-order valence-electron chi connectivity index (χ0n) is 19.8. The molecule has 0 bridgehead atoms. The SMILES string of the molecule is COc1ccccc1NC(=O)c1ccnc(N2CCC(C(=O)Nc3ccc(C)cc3C)CC2)c1. The van der Waals surface area contributed by atoms with Gasteiger partial charge < -0.3 is 20.3 Å². The highest BCUT2D eigenvalue weighted by molar-refractivity contribution is 6.05. The Morgan fingerprint density at radius 2 is 1.74 bits per heavy atom. The van der Waals surface area contributed by atoms with Gasteiger partial charge in [0, 0.05) is 36.5 Å². The normalized spacial score (nSPS) is 13.9. The molecule has 7 heteroatoms. The molecule has 4 rings (SSSR count). The van der Waals surface area contributed by atoms with Crippen molar-refractivity contribution in [2.24, 2.45) is 5.92 Å². The fourth-order valence-corrected chi connectivity index (χ4v) is 4.23. The quantitative estimate of drug-likeness (QED) is 0.554. The van der Waals surface area contributed by atoms with Crippen LogP contribution in [-0.4, -0.2) is 37.0 Å². The summed E-state index contributed by atoms with van der Waals surface area (Å²) in [4.78, 5) is 32.2. The largest absolute Gasteiger partial charge is 0.495 e. The maximum atomic E-state index is 12.8. The summed E-state index contributed by atoms with van der Waals surface area (Å²) in [6.07, 6.45) is 3.11. The van der Waals surface area contributed by atoms with Crippen LogP contribution in [0.15, 0.2) is 60.8 Å². The van der Waals surface area contributed by atoms with Crippen LogP contribution in [0.25, 0.3) is 0 Å². The van der Waals surface area contributed by atoms with Crippen LogP contribution < -0.4 is 20.3 Å². The predicted octanol–water partition coefficient (Wildman–Crippen LogP) is 4.81. The number of carbonyl (C=O) groups excluding carboxylic acids is 2. The molecule has 2 N–H and O–H groups in total. The zero-order chi connectivity index (χ0) is 24.1. The van der Waals surface area contributed by atoms with Gasteiger partial charge in [-0.15, -0.1) is 0 Å². The molecular formula is C27H30N4O3. The summed E-state index contributed by atoms with van der Waals surface area (Å²) < 4.78 is 5.31. The highest BCUT2D eigenvalue weighted by atomic mass is 16.5. The van der Waals surface area contributed by atoms with E-state index in [1.807, 2.05) is 38.1 Å². The number of aryl methyl sites for hydroxylation is 2. The molecule has 176 valence electrons. The topological polar surface area (TPSA) is 83.6 Å². The van der Waals surface area contributed by atoms with E-state index in [2.05, 4.69) is 26.6 Å². The lowest BCUT2D eigenvalue weighted by Crippen LogP contribution is -2.38. The molecule has 1 saturated heterocycles. The Kier molecular flexibility index (Phi) is 7.11. The van der Waals surface area contributed by atoms with Crippen LogP contribution in [0.2, 0.25) is 0 Å². The number of hydrogen-bond acceptors (Lipinski definition) is 5. The smallest absolute Gasteiger partial charge is 0.255 e. The monoisotopic (exact) mass is 458 g/mol. The molecule has 7 nitrogen and oxygen atoms in total. The van der Waals surface area contributed by atoms with Crippen molar-refractivity contribution in [1.29, 1.82) is 0 Å². The summed E-state index contributed by atoms with van der Waals surface area (Å²) in [7, 11) is 1.57. The Labute approximate surface area is 200 Å². The maximum Gasteiger partial charge on any atom is 0.255 e. The van der Waals surface area contributed by atoms with Gasteiger partial charge in [-0.1, -0.05) is 29.8 Å². The number of nitrogens with zero attached hydrogens (tertiary/aromatic N) is 2. The van der Waals surface area contributed by atoms with Crippen molar-refractivity contribution >= 4 is 29.0 Å². The second kappa shape index (κ2) is 10.4. The molecule has 0 spiro atoms. The van der Waals surface area contributed by atoms with E-state index in [1.165, 1.54) is 5.56 Å². The lowest BCUT2D eigenvalue weighted by molar-refractivity contribution is -0.120. The van der Waals surface area contributed by atoms with Crippen LogP contribution >= 0.6 is 0 Å². The fraction of sp³-hybridized carbons (Fsp3) is 0.296. The van der Waals surface area contributed by atoms with Crippen molar-refractivity contribution in [2.45, 2.75) is 26.7 Å². The van der Waals surface area contributed by atoms with Crippen molar-refractivity contribution in [3.63, 3.8) is 0 Å². The molecule has 0 atom stereocenters. The van der Waals surface area contributed by atoms with Crippen LogP contribution in [-0.2, 0) is 4.79 Å². The number of benzene rings is 2. The second-order valence-corrected chi connectivity index (χ2v) is 8.63. The minimum atomic E-state index is -0.226. The van der Waals surface area contributed by atoms with E-state index in [-0.39, 0.29) is 17.7 Å². The molecule has 3 aromatic rings. The summed E-state index contributed by atoms with van der Waals surface area (Å²) in [6.45, 7) is 5.46. The van der Waals surface area contributed by atoms with E-state index < -0.39 is 0 Å². The molecule has 2 heterocycles. The van der Waals surface area contributed by atoms with Gasteiger partial charge in [0.2, 0.25) is 5.91 Å². The van der Waals surface area contributed by atoms with Crippen molar-refractivity contribution in [1.82, 2.24) is 4.98 Å². The number of piperidine rings is 1. The maximum absolute atomic E-state index is 12.8. The van der Waals surface area contributed by atoms with E-state index in [0.29, 0.717) is 30.1 Å². The standard InChI is InChI=1S/C27H30N4O3/c1-18-8-9-22(19(2)16-18)29-26(32)20-11-14-31(15-12-20)25-17-21(10-13-28-25)27(33)30-23-6-4-5-7-24(23)34-3/h4-10,13,16-17,20H,11-12,14-15H2,1-3H3,(H,29,32)(H,30,33). The van der Waals surface area contributed by atoms with E-state index in [4.69, 9.17) is 4.74 Å². The van der Waals surface area contributed by atoms with Gasteiger partial charge in [0.15, 0.2) is 0 Å². The van der Waals surface area contributed by atoms with Crippen LogP contribution in [0, 0.1) is 19.8 Å². The highest BCUT2D eigenvalue weighted by Gasteiger charge is 2.26. The first-order valence-corrected chi connectivity index (χ1v) is 11.5. The van der Waals surface area contributed by atoms with Crippen molar-refractivity contribution in [2.75, 3.05) is 35.7 Å². The third-order valence-electron chi connectivity index (χ3n) is 6.19. The number of carbonyl (C=O) groups is 2. The number of amides is 2. The molecule has 1 aliphatic heterocycles. The Morgan fingerprint density at radius 3 is 2.47 bits per heavy atom. The van der Waals surface area contributed by atoms with Gasteiger partial charge >= 0.3 is 0 Å². The molecule has 0 aliphatic carbocycles. The first kappa shape index (κ1) is 23.3. The number of ether oxygens (including phenoxy) is 1. The summed E-state index contributed by atoms with van der Waals surface area (Å²) in [5, 5.41) is 5.98. The molecule has 0 saturated carbocycles.